The van der Waals surface area contributed by atoms with E-state index in [1.807, 2.05) is 52.0 Å². The summed E-state index contributed by atoms with van der Waals surface area (Å²) in [6.07, 6.45) is 4.82. The lowest BCUT2D eigenvalue weighted by Crippen LogP contribution is -2.16. The van der Waals surface area contributed by atoms with Crippen molar-refractivity contribution in [2.75, 3.05) is 7.11 Å². The second-order valence-electron chi connectivity index (χ2n) is 7.52. The number of allylic oxidation sites excluding steroid dienone is 2. The Balaban J connectivity index is 2.37. The molecule has 0 aliphatic carbocycles. The van der Waals surface area contributed by atoms with E-state index >= 15 is 0 Å². The first kappa shape index (κ1) is 22.9. The average Bonchev–Trinajstić information content (AvgIpc) is 2.61. The molecule has 0 fully saturated rings. The smallest absolute Gasteiger partial charge is 0.306 e. The minimum atomic E-state index is -0.170. The Labute approximate surface area is 163 Å². The lowest BCUT2D eigenvalue weighted by atomic mass is 9.97. The summed E-state index contributed by atoms with van der Waals surface area (Å²) < 4.78 is 10.7. The molecule has 4 heteroatoms. The van der Waals surface area contributed by atoms with Crippen LogP contribution in [0.5, 0.6) is 5.75 Å². The van der Waals surface area contributed by atoms with Crippen LogP contribution >= 0.6 is 0 Å². The van der Waals surface area contributed by atoms with Crippen molar-refractivity contribution < 1.29 is 19.1 Å². The van der Waals surface area contributed by atoms with E-state index in [9.17, 15) is 9.59 Å². The highest BCUT2D eigenvalue weighted by Gasteiger charge is 2.15. The summed E-state index contributed by atoms with van der Waals surface area (Å²) >= 11 is 0. The third-order valence-electron chi connectivity index (χ3n) is 4.88. The van der Waals surface area contributed by atoms with Gasteiger partial charge in [0, 0.05) is 5.92 Å². The van der Waals surface area contributed by atoms with Crippen LogP contribution < -0.4 is 4.74 Å². The molecule has 0 aliphatic heterocycles. The summed E-state index contributed by atoms with van der Waals surface area (Å²) in [7, 11) is 1.64. The molecular formula is C23H34O4. The predicted octanol–water partition coefficient (Wildman–Crippen LogP) is 5.46. The maximum atomic E-state index is 12.2. The number of ketones is 1. The van der Waals surface area contributed by atoms with Gasteiger partial charge in [0.1, 0.15) is 11.5 Å². The monoisotopic (exact) mass is 374 g/mol. The average molecular weight is 375 g/mol. The molecule has 0 spiro atoms. The Kier molecular flexibility index (Phi) is 9.84. The Morgan fingerprint density at radius 1 is 1.04 bits per heavy atom. The number of rotatable bonds is 11. The van der Waals surface area contributed by atoms with Crippen molar-refractivity contribution in [3.05, 3.63) is 41.5 Å². The predicted molar refractivity (Wildman–Crippen MR) is 109 cm³/mol. The number of esters is 1. The fourth-order valence-electron chi connectivity index (χ4n) is 2.91. The highest BCUT2D eigenvalue weighted by Crippen LogP contribution is 2.23. The number of hydrogen-bond acceptors (Lipinski definition) is 4. The Hall–Kier alpha value is -2.10. The highest BCUT2D eigenvalue weighted by molar-refractivity contribution is 5.78. The second-order valence-corrected chi connectivity index (χ2v) is 7.52. The van der Waals surface area contributed by atoms with Gasteiger partial charge in [0.2, 0.25) is 0 Å². The van der Waals surface area contributed by atoms with Crippen LogP contribution in [-0.2, 0) is 14.3 Å². The first-order valence-corrected chi connectivity index (χ1v) is 9.72. The molecule has 0 aliphatic rings. The second kappa shape index (κ2) is 11.6. The number of carbonyl (C=O) groups excluding carboxylic acids is 2. The van der Waals surface area contributed by atoms with Gasteiger partial charge in [-0.1, -0.05) is 37.6 Å². The van der Waals surface area contributed by atoms with Crippen LogP contribution in [0.25, 0.3) is 0 Å². The molecule has 0 N–H and O–H groups in total. The van der Waals surface area contributed by atoms with E-state index in [2.05, 4.69) is 6.08 Å². The van der Waals surface area contributed by atoms with Crippen molar-refractivity contribution in [1.82, 2.24) is 0 Å². The molecule has 1 aromatic rings. The molecule has 0 amide bonds. The highest BCUT2D eigenvalue weighted by atomic mass is 16.5. The van der Waals surface area contributed by atoms with E-state index in [4.69, 9.17) is 9.47 Å². The largest absolute Gasteiger partial charge is 0.497 e. The minimum absolute atomic E-state index is 0.0657. The normalized spacial score (nSPS) is 15.0. The molecule has 1 aromatic carbocycles. The fraction of sp³-hybridized carbons (Fsp3) is 0.565. The molecule has 150 valence electrons. The van der Waals surface area contributed by atoms with Crippen LogP contribution in [0, 0.1) is 5.92 Å². The van der Waals surface area contributed by atoms with Crippen molar-refractivity contribution >= 4 is 11.8 Å². The fourth-order valence-corrected chi connectivity index (χ4v) is 2.91. The molecule has 0 saturated heterocycles. The number of carbonyl (C=O) groups is 2. The molecule has 0 unspecified atom stereocenters. The molecule has 0 aromatic heterocycles. The van der Waals surface area contributed by atoms with Crippen LogP contribution in [-0.4, -0.2) is 25.0 Å². The third kappa shape index (κ3) is 8.89. The molecule has 0 radical (unpaired) electrons. The standard InChI is InChI=1S/C23H34O4/c1-16(14-17(2)20(5)24)8-7-9-19(4)27-23(25)15-18(3)21-10-12-22(26-6)13-11-21/h8,10-13,17-19H,7,9,14-15H2,1-6H3/b16-8+/t17-,18+,19-/m0/s1. The zero-order valence-corrected chi connectivity index (χ0v) is 17.6. The lowest BCUT2D eigenvalue weighted by Gasteiger charge is -2.16. The van der Waals surface area contributed by atoms with Gasteiger partial charge >= 0.3 is 5.97 Å². The third-order valence-corrected chi connectivity index (χ3v) is 4.88. The number of Topliss-reactive ketones (excluding diaryl/α,β-unsaturated/α-hetero) is 1. The summed E-state index contributed by atoms with van der Waals surface area (Å²) in [5, 5.41) is 0. The van der Waals surface area contributed by atoms with Gasteiger partial charge < -0.3 is 9.47 Å². The molecule has 0 heterocycles. The molecule has 0 saturated carbocycles. The number of hydrogen-bond donors (Lipinski definition) is 0. The van der Waals surface area contributed by atoms with E-state index in [0.29, 0.717) is 6.42 Å². The first-order valence-electron chi connectivity index (χ1n) is 9.72. The van der Waals surface area contributed by atoms with Crippen molar-refractivity contribution in [3.63, 3.8) is 0 Å². The van der Waals surface area contributed by atoms with E-state index < -0.39 is 0 Å². The summed E-state index contributed by atoms with van der Waals surface area (Å²) in [5.74, 6) is 1.03. The van der Waals surface area contributed by atoms with Crippen molar-refractivity contribution in [2.45, 2.75) is 72.3 Å². The van der Waals surface area contributed by atoms with Crippen molar-refractivity contribution in [3.8, 4) is 5.75 Å². The van der Waals surface area contributed by atoms with Crippen LogP contribution in [0.3, 0.4) is 0 Å². The molecule has 0 bridgehead atoms. The number of methoxy groups -OCH3 is 1. The van der Waals surface area contributed by atoms with Gasteiger partial charge in [-0.3, -0.25) is 9.59 Å². The summed E-state index contributed by atoms with van der Waals surface area (Å²) in [6, 6.07) is 7.77. The molecule has 27 heavy (non-hydrogen) atoms. The van der Waals surface area contributed by atoms with Gasteiger partial charge in [0.25, 0.3) is 0 Å². The molecular weight excluding hydrogens is 340 g/mol. The SMILES string of the molecule is COc1ccc([C@H](C)CC(=O)O[C@@H](C)CC/C=C(\C)C[C@H](C)C(C)=O)cc1. The van der Waals surface area contributed by atoms with Crippen LogP contribution in [0.2, 0.25) is 0 Å². The topological polar surface area (TPSA) is 52.6 Å². The van der Waals surface area contributed by atoms with Crippen molar-refractivity contribution in [1.29, 1.82) is 0 Å². The summed E-state index contributed by atoms with van der Waals surface area (Å²) in [6.45, 7) is 9.58. The van der Waals surface area contributed by atoms with Crippen molar-refractivity contribution in [2.24, 2.45) is 5.92 Å². The quantitative estimate of drug-likeness (QED) is 0.381. The zero-order valence-electron chi connectivity index (χ0n) is 17.6. The van der Waals surface area contributed by atoms with E-state index in [1.165, 1.54) is 5.57 Å². The maximum Gasteiger partial charge on any atom is 0.306 e. The van der Waals surface area contributed by atoms with Gasteiger partial charge in [-0.15, -0.1) is 0 Å². The Bertz CT molecular complexity index is 630. The van der Waals surface area contributed by atoms with E-state index in [1.54, 1.807) is 14.0 Å². The van der Waals surface area contributed by atoms with E-state index in [0.717, 1.165) is 30.6 Å². The molecule has 1 rings (SSSR count). The maximum absolute atomic E-state index is 12.2. The Morgan fingerprint density at radius 3 is 2.22 bits per heavy atom. The minimum Gasteiger partial charge on any atom is -0.497 e. The molecule has 3 atom stereocenters. The first-order chi connectivity index (χ1) is 12.7. The molecule has 4 nitrogen and oxygen atoms in total. The number of benzene rings is 1. The number of ether oxygens (including phenoxy) is 2. The van der Waals surface area contributed by atoms with Gasteiger partial charge in [0.05, 0.1) is 19.6 Å². The van der Waals surface area contributed by atoms with Crippen LogP contribution in [0.15, 0.2) is 35.9 Å². The zero-order chi connectivity index (χ0) is 20.4. The van der Waals surface area contributed by atoms with Gasteiger partial charge in [-0.25, -0.2) is 0 Å². The van der Waals surface area contributed by atoms with E-state index in [-0.39, 0.29) is 29.7 Å². The Morgan fingerprint density at radius 2 is 1.67 bits per heavy atom. The van der Waals surface area contributed by atoms with Crippen LogP contribution in [0.4, 0.5) is 0 Å². The lowest BCUT2D eigenvalue weighted by molar-refractivity contribution is -0.148. The summed E-state index contributed by atoms with van der Waals surface area (Å²) in [4.78, 5) is 23.5. The van der Waals surface area contributed by atoms with Gasteiger partial charge in [-0.05, 0) is 63.6 Å². The van der Waals surface area contributed by atoms with Gasteiger partial charge in [0.15, 0.2) is 0 Å². The van der Waals surface area contributed by atoms with Gasteiger partial charge in [-0.2, -0.15) is 0 Å². The van der Waals surface area contributed by atoms with Crippen LogP contribution in [0.1, 0.15) is 71.8 Å². The summed E-state index contributed by atoms with van der Waals surface area (Å²) in [5.41, 5.74) is 2.31.